The molecule has 0 radical (unpaired) electrons. The molecule has 2 unspecified atom stereocenters. The van der Waals surface area contributed by atoms with Gasteiger partial charge in [-0.15, -0.1) is 10.2 Å². The van der Waals surface area contributed by atoms with Gasteiger partial charge in [0.2, 0.25) is 0 Å². The van der Waals surface area contributed by atoms with Crippen LogP contribution in [-0.2, 0) is 11.1 Å². The molecule has 0 fully saturated rings. The lowest BCUT2D eigenvalue weighted by Crippen LogP contribution is -2.50. The third kappa shape index (κ3) is 2.45. The number of azo groups is 2. The van der Waals surface area contributed by atoms with E-state index in [2.05, 4.69) is 20.5 Å². The van der Waals surface area contributed by atoms with E-state index < -0.39 is 11.1 Å². The van der Waals surface area contributed by atoms with Gasteiger partial charge in [0.25, 0.3) is 0 Å². The zero-order valence-electron chi connectivity index (χ0n) is 16.2. The van der Waals surface area contributed by atoms with Crippen LogP contribution in [0, 0.1) is 5.92 Å². The lowest BCUT2D eigenvalue weighted by Gasteiger charge is -2.44. The van der Waals surface area contributed by atoms with Crippen LogP contribution < -0.4 is 22.9 Å². The highest BCUT2D eigenvalue weighted by Crippen LogP contribution is 2.56. The molecule has 0 aliphatic carbocycles. The second kappa shape index (κ2) is 6.73. The molecule has 0 saturated heterocycles. The molecule has 8 nitrogen and oxygen atoms in total. The fraction of sp³-hybridized carbons (Fsp3) is 0.238. The van der Waals surface area contributed by atoms with Crippen molar-refractivity contribution < 1.29 is 0 Å². The maximum atomic E-state index is 6.56. The fourth-order valence-corrected chi connectivity index (χ4v) is 4.49. The largest absolute Gasteiger partial charge is 0.397 e. The molecule has 2 aliphatic heterocycles. The van der Waals surface area contributed by atoms with Gasteiger partial charge < -0.3 is 22.9 Å². The first kappa shape index (κ1) is 18.7. The number of nitrogens with zero attached hydrogens (tertiary/aromatic N) is 4. The van der Waals surface area contributed by atoms with Crippen LogP contribution in [0.15, 0.2) is 104 Å². The van der Waals surface area contributed by atoms with Crippen LogP contribution in [0.4, 0.5) is 0 Å². The average Bonchev–Trinajstić information content (AvgIpc) is 3.23. The van der Waals surface area contributed by atoms with E-state index >= 15 is 0 Å². The van der Waals surface area contributed by atoms with Gasteiger partial charge in [0.15, 0.2) is 22.7 Å². The highest BCUT2D eigenvalue weighted by Gasteiger charge is 2.59. The summed E-state index contributed by atoms with van der Waals surface area (Å²) in [6.45, 7) is 2.04. The molecule has 2 aromatic rings. The summed E-state index contributed by atoms with van der Waals surface area (Å²) in [6.07, 6.45) is 0.615. The Morgan fingerprint density at radius 2 is 1.07 bits per heavy atom. The Balaban J connectivity index is 2.04. The Labute approximate surface area is 169 Å². The summed E-state index contributed by atoms with van der Waals surface area (Å²) in [4.78, 5) is 0. The molecule has 0 spiro atoms. The molecule has 2 heterocycles. The minimum absolute atomic E-state index is 0.195. The number of hydrogen-bond donors (Lipinski definition) is 4. The van der Waals surface area contributed by atoms with Gasteiger partial charge in [-0.05, 0) is 17.5 Å². The standard InChI is InChI=1S/C21H24N8/c1-2-15(20(13-9-5-3-6-10-13)16(22)18(24)26-28-20)21(14-11-7-4-8-12-14)17(23)19(25)27-29-21/h3-12,15H,2,22-25H2,1H3. The van der Waals surface area contributed by atoms with Crippen molar-refractivity contribution in [2.24, 2.45) is 49.3 Å². The topological polar surface area (TPSA) is 154 Å². The first-order valence-electron chi connectivity index (χ1n) is 9.46. The van der Waals surface area contributed by atoms with E-state index in [1.165, 1.54) is 0 Å². The Morgan fingerprint density at radius 3 is 1.34 bits per heavy atom. The van der Waals surface area contributed by atoms with Gasteiger partial charge in [0.1, 0.15) is 0 Å². The second-order valence-electron chi connectivity index (χ2n) is 7.22. The Morgan fingerprint density at radius 1 is 0.690 bits per heavy atom. The lowest BCUT2D eigenvalue weighted by atomic mass is 9.62. The quantitative estimate of drug-likeness (QED) is 0.621. The number of benzene rings is 2. The average molecular weight is 388 g/mol. The molecular weight excluding hydrogens is 364 g/mol. The van der Waals surface area contributed by atoms with Crippen LogP contribution in [-0.4, -0.2) is 0 Å². The van der Waals surface area contributed by atoms with Crippen molar-refractivity contribution in [3.05, 3.63) is 94.8 Å². The monoisotopic (exact) mass is 388 g/mol. The van der Waals surface area contributed by atoms with E-state index in [1.807, 2.05) is 67.6 Å². The molecule has 2 aromatic carbocycles. The highest BCUT2D eigenvalue weighted by atomic mass is 15.3. The van der Waals surface area contributed by atoms with Gasteiger partial charge in [0.05, 0.1) is 11.4 Å². The third-order valence-corrected chi connectivity index (χ3v) is 5.85. The number of hydrogen-bond acceptors (Lipinski definition) is 8. The molecule has 0 aromatic heterocycles. The van der Waals surface area contributed by atoms with Crippen LogP contribution in [0.3, 0.4) is 0 Å². The predicted octanol–water partition coefficient (Wildman–Crippen LogP) is 2.91. The summed E-state index contributed by atoms with van der Waals surface area (Å²) in [6, 6.07) is 19.4. The van der Waals surface area contributed by atoms with E-state index in [-0.39, 0.29) is 17.6 Å². The molecule has 148 valence electrons. The summed E-state index contributed by atoms with van der Waals surface area (Å²) in [5.41, 5.74) is 25.7. The smallest absolute Gasteiger partial charge is 0.167 e. The summed E-state index contributed by atoms with van der Waals surface area (Å²) in [7, 11) is 0. The molecule has 0 amide bonds. The van der Waals surface area contributed by atoms with Gasteiger partial charge >= 0.3 is 0 Å². The molecule has 8 heteroatoms. The molecule has 0 saturated carbocycles. The van der Waals surface area contributed by atoms with Gasteiger partial charge in [-0.3, -0.25) is 0 Å². The molecule has 0 bridgehead atoms. The first-order valence-corrected chi connectivity index (χ1v) is 9.46. The lowest BCUT2D eigenvalue weighted by molar-refractivity contribution is 0.198. The molecule has 29 heavy (non-hydrogen) atoms. The summed E-state index contributed by atoms with van der Waals surface area (Å²) in [5, 5.41) is 17.6. The predicted molar refractivity (Wildman–Crippen MR) is 111 cm³/mol. The van der Waals surface area contributed by atoms with E-state index in [9.17, 15) is 0 Å². The SMILES string of the molecule is CCC(C1(c2ccccc2)N=NC(N)=C1N)C1(c2ccccc2)N=NC(N)=C1N. The minimum atomic E-state index is -1.05. The maximum absolute atomic E-state index is 6.56. The Bertz CT molecular complexity index is 957. The number of nitrogens with two attached hydrogens (primary N) is 4. The summed E-state index contributed by atoms with van der Waals surface area (Å²) in [5.74, 6) is 0.0244. The van der Waals surface area contributed by atoms with Gasteiger partial charge in [0, 0.05) is 5.92 Å². The van der Waals surface area contributed by atoms with Crippen LogP contribution in [0.5, 0.6) is 0 Å². The summed E-state index contributed by atoms with van der Waals surface area (Å²) < 4.78 is 0. The highest BCUT2D eigenvalue weighted by molar-refractivity contribution is 5.47. The van der Waals surface area contributed by atoms with Gasteiger partial charge in [-0.1, -0.05) is 67.6 Å². The summed E-state index contributed by atoms with van der Waals surface area (Å²) >= 11 is 0. The number of rotatable bonds is 5. The van der Waals surface area contributed by atoms with Crippen molar-refractivity contribution >= 4 is 0 Å². The van der Waals surface area contributed by atoms with Crippen molar-refractivity contribution in [3.8, 4) is 0 Å². The van der Waals surface area contributed by atoms with E-state index in [4.69, 9.17) is 22.9 Å². The Hall–Kier alpha value is -3.68. The van der Waals surface area contributed by atoms with E-state index in [0.29, 0.717) is 17.8 Å². The normalized spacial score (nSPS) is 27.1. The molecule has 4 rings (SSSR count). The van der Waals surface area contributed by atoms with Gasteiger partial charge in [-0.2, -0.15) is 10.2 Å². The zero-order chi connectivity index (χ0) is 20.6. The zero-order valence-corrected chi connectivity index (χ0v) is 16.2. The van der Waals surface area contributed by atoms with Crippen molar-refractivity contribution in [1.82, 2.24) is 0 Å². The maximum Gasteiger partial charge on any atom is 0.167 e. The molecule has 8 N–H and O–H groups in total. The van der Waals surface area contributed by atoms with E-state index in [1.54, 1.807) is 0 Å². The van der Waals surface area contributed by atoms with Crippen molar-refractivity contribution in [3.63, 3.8) is 0 Å². The molecule has 2 aliphatic rings. The molecular formula is C21H24N8. The molecule has 2 atom stereocenters. The Kier molecular flexibility index (Phi) is 4.34. The first-order chi connectivity index (χ1) is 14.0. The van der Waals surface area contributed by atoms with Crippen LogP contribution >= 0.6 is 0 Å². The minimum Gasteiger partial charge on any atom is -0.397 e. The van der Waals surface area contributed by atoms with E-state index in [0.717, 1.165) is 11.1 Å². The van der Waals surface area contributed by atoms with Crippen LogP contribution in [0.1, 0.15) is 24.5 Å². The van der Waals surface area contributed by atoms with Crippen LogP contribution in [0.25, 0.3) is 0 Å². The second-order valence-corrected chi connectivity index (χ2v) is 7.22. The van der Waals surface area contributed by atoms with Crippen molar-refractivity contribution in [2.75, 3.05) is 0 Å². The third-order valence-electron chi connectivity index (χ3n) is 5.85. The van der Waals surface area contributed by atoms with Gasteiger partial charge in [-0.25, -0.2) is 0 Å². The van der Waals surface area contributed by atoms with Crippen LogP contribution in [0.2, 0.25) is 0 Å². The van der Waals surface area contributed by atoms with Crippen molar-refractivity contribution in [2.45, 2.75) is 24.4 Å². The fourth-order valence-electron chi connectivity index (χ4n) is 4.49. The van der Waals surface area contributed by atoms with Crippen molar-refractivity contribution in [1.29, 1.82) is 0 Å².